The third-order valence-electron chi connectivity index (χ3n) is 4.39. The van der Waals surface area contributed by atoms with E-state index in [0.717, 1.165) is 11.6 Å². The molecule has 0 saturated heterocycles. The van der Waals surface area contributed by atoms with Gasteiger partial charge in [-0.15, -0.1) is 0 Å². The SMILES string of the molecule is COCC(C)Oc1cc(CNc2ccn(C)n2)cc(Oc2ccc(C(=O)C#N)cc2F)c1. The maximum absolute atomic E-state index is 14.5. The zero-order valence-corrected chi connectivity index (χ0v) is 18.0. The molecule has 2 aromatic carbocycles. The Kier molecular flexibility index (Phi) is 7.41. The molecule has 1 heterocycles. The molecular formula is C23H23FN4O4. The van der Waals surface area contributed by atoms with E-state index in [1.165, 1.54) is 18.2 Å². The molecular weight excluding hydrogens is 415 g/mol. The zero-order valence-electron chi connectivity index (χ0n) is 18.0. The molecule has 8 nitrogen and oxygen atoms in total. The fraction of sp³-hybridized carbons (Fsp3) is 0.261. The van der Waals surface area contributed by atoms with Gasteiger partial charge >= 0.3 is 0 Å². The van der Waals surface area contributed by atoms with Crippen LogP contribution in [0.1, 0.15) is 22.8 Å². The summed E-state index contributed by atoms with van der Waals surface area (Å²) in [6, 6.07) is 12.2. The summed E-state index contributed by atoms with van der Waals surface area (Å²) in [4.78, 5) is 11.5. The molecule has 32 heavy (non-hydrogen) atoms. The van der Waals surface area contributed by atoms with Gasteiger partial charge in [-0.3, -0.25) is 9.48 Å². The molecule has 1 N–H and O–H groups in total. The number of aromatic nitrogens is 2. The van der Waals surface area contributed by atoms with Crippen molar-refractivity contribution in [2.45, 2.75) is 19.6 Å². The second-order valence-corrected chi connectivity index (χ2v) is 7.11. The van der Waals surface area contributed by atoms with Crippen LogP contribution in [0.25, 0.3) is 0 Å². The minimum atomic E-state index is -0.819. The first kappa shape index (κ1) is 22.8. The van der Waals surface area contributed by atoms with Crippen LogP contribution in [0.3, 0.4) is 0 Å². The minimum absolute atomic E-state index is 0.0388. The van der Waals surface area contributed by atoms with E-state index in [1.807, 2.05) is 32.3 Å². The van der Waals surface area contributed by atoms with Gasteiger partial charge in [0.1, 0.15) is 29.5 Å². The average molecular weight is 438 g/mol. The topological polar surface area (TPSA) is 98.4 Å². The number of methoxy groups -OCH3 is 1. The summed E-state index contributed by atoms with van der Waals surface area (Å²) in [5.74, 6) is -0.0630. The van der Waals surface area contributed by atoms with Gasteiger partial charge in [0.25, 0.3) is 5.78 Å². The van der Waals surface area contributed by atoms with Crippen molar-refractivity contribution in [3.05, 3.63) is 65.6 Å². The number of ketones is 1. The van der Waals surface area contributed by atoms with Gasteiger partial charge in [-0.25, -0.2) is 4.39 Å². The van der Waals surface area contributed by atoms with E-state index in [2.05, 4.69) is 10.4 Å². The summed E-state index contributed by atoms with van der Waals surface area (Å²) in [6.07, 6.45) is 1.62. The van der Waals surface area contributed by atoms with Crippen LogP contribution < -0.4 is 14.8 Å². The van der Waals surface area contributed by atoms with E-state index in [-0.39, 0.29) is 17.4 Å². The number of carbonyl (C=O) groups excluding carboxylic acids is 1. The number of rotatable bonds is 10. The summed E-state index contributed by atoms with van der Waals surface area (Å²) in [7, 11) is 3.41. The van der Waals surface area contributed by atoms with Gasteiger partial charge in [0.15, 0.2) is 11.6 Å². The lowest BCUT2D eigenvalue weighted by atomic mass is 10.1. The Morgan fingerprint density at radius 2 is 2.03 bits per heavy atom. The van der Waals surface area contributed by atoms with Gasteiger partial charge in [-0.1, -0.05) is 0 Å². The second kappa shape index (κ2) is 10.4. The van der Waals surface area contributed by atoms with Crippen LogP contribution >= 0.6 is 0 Å². The lowest BCUT2D eigenvalue weighted by molar-refractivity contribution is 0.0919. The highest BCUT2D eigenvalue weighted by atomic mass is 19.1. The Labute approximate surface area is 185 Å². The van der Waals surface area contributed by atoms with E-state index in [9.17, 15) is 9.18 Å². The number of benzene rings is 2. The van der Waals surface area contributed by atoms with Crippen LogP contribution in [-0.4, -0.2) is 35.4 Å². The van der Waals surface area contributed by atoms with E-state index in [0.29, 0.717) is 30.5 Å². The minimum Gasteiger partial charge on any atom is -0.488 e. The quantitative estimate of drug-likeness (QED) is 0.376. The Bertz CT molecular complexity index is 1140. The van der Waals surface area contributed by atoms with Crippen LogP contribution in [0.15, 0.2) is 48.7 Å². The van der Waals surface area contributed by atoms with Crippen LogP contribution in [0.4, 0.5) is 10.2 Å². The number of anilines is 1. The number of hydrogen-bond donors (Lipinski definition) is 1. The van der Waals surface area contributed by atoms with Crippen LogP contribution in [-0.2, 0) is 18.3 Å². The summed E-state index contributed by atoms with van der Waals surface area (Å²) in [5.41, 5.74) is 0.785. The fourth-order valence-electron chi connectivity index (χ4n) is 2.98. The Hall–Kier alpha value is -3.90. The molecule has 0 aliphatic rings. The van der Waals surface area contributed by atoms with E-state index >= 15 is 0 Å². The number of hydrogen-bond acceptors (Lipinski definition) is 7. The normalized spacial score (nSPS) is 11.5. The van der Waals surface area contributed by atoms with Crippen molar-refractivity contribution in [1.29, 1.82) is 5.26 Å². The third kappa shape index (κ3) is 6.06. The van der Waals surface area contributed by atoms with Gasteiger partial charge in [0.05, 0.1) is 6.61 Å². The van der Waals surface area contributed by atoms with Crippen molar-refractivity contribution >= 4 is 11.6 Å². The van der Waals surface area contributed by atoms with E-state index < -0.39 is 11.6 Å². The molecule has 0 radical (unpaired) electrons. The maximum Gasteiger partial charge on any atom is 0.262 e. The Morgan fingerprint density at radius 3 is 2.69 bits per heavy atom. The molecule has 0 aliphatic heterocycles. The number of nitrogens with zero attached hydrogens (tertiary/aromatic N) is 3. The smallest absolute Gasteiger partial charge is 0.262 e. The monoisotopic (exact) mass is 438 g/mol. The molecule has 0 fully saturated rings. The number of halogens is 1. The van der Waals surface area contributed by atoms with Crippen molar-refractivity contribution in [1.82, 2.24) is 9.78 Å². The maximum atomic E-state index is 14.5. The van der Waals surface area contributed by atoms with Crippen molar-refractivity contribution in [2.75, 3.05) is 19.0 Å². The highest BCUT2D eigenvalue weighted by Gasteiger charge is 2.13. The van der Waals surface area contributed by atoms with Crippen LogP contribution in [0.5, 0.6) is 17.2 Å². The van der Waals surface area contributed by atoms with Gasteiger partial charge < -0.3 is 19.5 Å². The summed E-state index contributed by atoms with van der Waals surface area (Å²) < 4.78 is 32.9. The highest BCUT2D eigenvalue weighted by molar-refractivity contribution is 6.07. The predicted molar refractivity (Wildman–Crippen MR) is 115 cm³/mol. The number of nitrogens with one attached hydrogen (secondary N) is 1. The molecule has 0 amide bonds. The van der Waals surface area contributed by atoms with Crippen molar-refractivity contribution in [3.8, 4) is 23.3 Å². The summed E-state index contributed by atoms with van der Waals surface area (Å²) in [5, 5.41) is 16.2. The van der Waals surface area contributed by atoms with Crippen molar-refractivity contribution in [2.24, 2.45) is 7.05 Å². The first-order chi connectivity index (χ1) is 15.4. The number of nitriles is 1. The van der Waals surface area contributed by atoms with Gasteiger partial charge in [-0.05, 0) is 42.8 Å². The van der Waals surface area contributed by atoms with Crippen molar-refractivity contribution < 1.29 is 23.4 Å². The second-order valence-electron chi connectivity index (χ2n) is 7.11. The number of ether oxygens (including phenoxy) is 3. The van der Waals surface area contributed by atoms with Gasteiger partial charge in [0.2, 0.25) is 0 Å². The highest BCUT2D eigenvalue weighted by Crippen LogP contribution is 2.30. The molecule has 3 rings (SSSR count). The standard InChI is InChI=1S/C23H23FN4O4/c1-15(14-30-3)31-18-8-16(13-26-23-6-7-28(2)27-23)9-19(11-18)32-22-5-4-17(10-20(22)24)21(29)12-25/h4-11,15H,13-14H2,1-3H3,(H,26,27). The van der Waals surface area contributed by atoms with Crippen molar-refractivity contribution in [3.63, 3.8) is 0 Å². The molecule has 9 heteroatoms. The van der Waals surface area contributed by atoms with Gasteiger partial charge in [-0.2, -0.15) is 10.4 Å². The lowest BCUT2D eigenvalue weighted by Crippen LogP contribution is -2.18. The predicted octanol–water partition coefficient (Wildman–Crippen LogP) is 4.08. The zero-order chi connectivity index (χ0) is 23.1. The molecule has 1 unspecified atom stereocenters. The molecule has 3 aromatic rings. The number of Topliss-reactive ketones (excluding diaryl/α,β-unsaturated/α-hetero) is 1. The van der Waals surface area contributed by atoms with Crippen LogP contribution in [0.2, 0.25) is 0 Å². The number of carbonyl (C=O) groups is 1. The lowest BCUT2D eigenvalue weighted by Gasteiger charge is -2.17. The van der Waals surface area contributed by atoms with Crippen LogP contribution in [0, 0.1) is 17.1 Å². The summed E-state index contributed by atoms with van der Waals surface area (Å²) >= 11 is 0. The molecule has 0 saturated carbocycles. The largest absolute Gasteiger partial charge is 0.488 e. The molecule has 0 spiro atoms. The first-order valence-corrected chi connectivity index (χ1v) is 9.83. The molecule has 1 aromatic heterocycles. The Balaban J connectivity index is 1.84. The van der Waals surface area contributed by atoms with Gasteiger partial charge in [0, 0.05) is 44.6 Å². The number of aryl methyl sites for hydroxylation is 1. The third-order valence-corrected chi connectivity index (χ3v) is 4.39. The first-order valence-electron chi connectivity index (χ1n) is 9.83. The molecule has 0 bridgehead atoms. The molecule has 166 valence electrons. The Morgan fingerprint density at radius 1 is 1.25 bits per heavy atom. The van der Waals surface area contributed by atoms with E-state index in [1.54, 1.807) is 23.9 Å². The summed E-state index contributed by atoms with van der Waals surface area (Å²) in [6.45, 7) is 2.70. The fourth-order valence-corrected chi connectivity index (χ4v) is 2.98. The van der Waals surface area contributed by atoms with E-state index in [4.69, 9.17) is 19.5 Å². The molecule has 1 atom stereocenters. The molecule has 0 aliphatic carbocycles. The average Bonchev–Trinajstić information content (AvgIpc) is 3.18.